The minimum Gasteiger partial charge on any atom is -0.497 e. The van der Waals surface area contributed by atoms with Crippen LogP contribution >= 0.6 is 0 Å². The SMILES string of the molecule is COc1ccc2[nH]c3c(c2c1)CCN1C(=O)N(C2CCCCC2)C(=O)[C@@]31C. The fourth-order valence-corrected chi connectivity index (χ4v) is 5.23. The van der Waals surface area contributed by atoms with E-state index in [9.17, 15) is 9.59 Å². The van der Waals surface area contributed by atoms with Gasteiger partial charge in [0.15, 0.2) is 5.54 Å². The van der Waals surface area contributed by atoms with Gasteiger partial charge in [0.25, 0.3) is 5.91 Å². The number of carbonyl (C=O) groups excluding carboxylic acids is 2. The lowest BCUT2D eigenvalue weighted by atomic mass is 9.86. The maximum Gasteiger partial charge on any atom is 0.328 e. The molecule has 0 bridgehead atoms. The molecule has 1 saturated carbocycles. The van der Waals surface area contributed by atoms with Crippen LogP contribution in [0, 0.1) is 0 Å². The second-order valence-corrected chi connectivity index (χ2v) is 8.11. The number of hydrogen-bond donors (Lipinski definition) is 1. The maximum atomic E-state index is 13.6. The van der Waals surface area contributed by atoms with Gasteiger partial charge in [-0.2, -0.15) is 0 Å². The normalized spacial score (nSPS) is 25.9. The number of hydrogen-bond acceptors (Lipinski definition) is 3. The third-order valence-electron chi connectivity index (χ3n) is 6.74. The number of aromatic amines is 1. The van der Waals surface area contributed by atoms with Crippen molar-refractivity contribution in [3.05, 3.63) is 29.5 Å². The Labute approximate surface area is 158 Å². The van der Waals surface area contributed by atoms with Crippen molar-refractivity contribution < 1.29 is 14.3 Å². The molecule has 0 unspecified atom stereocenters. The van der Waals surface area contributed by atoms with Gasteiger partial charge in [-0.25, -0.2) is 4.79 Å². The van der Waals surface area contributed by atoms with E-state index in [1.165, 1.54) is 6.42 Å². The van der Waals surface area contributed by atoms with Gasteiger partial charge in [0, 0.05) is 23.5 Å². The number of urea groups is 1. The van der Waals surface area contributed by atoms with Gasteiger partial charge in [-0.15, -0.1) is 0 Å². The van der Waals surface area contributed by atoms with Gasteiger partial charge >= 0.3 is 6.03 Å². The quantitative estimate of drug-likeness (QED) is 0.826. The van der Waals surface area contributed by atoms with E-state index in [-0.39, 0.29) is 18.0 Å². The molecule has 27 heavy (non-hydrogen) atoms. The monoisotopic (exact) mass is 367 g/mol. The number of rotatable bonds is 2. The Hall–Kier alpha value is -2.50. The van der Waals surface area contributed by atoms with Crippen molar-refractivity contribution in [2.75, 3.05) is 13.7 Å². The molecule has 0 radical (unpaired) electrons. The summed E-state index contributed by atoms with van der Waals surface area (Å²) in [5.41, 5.74) is 2.05. The molecule has 142 valence electrons. The first-order valence-corrected chi connectivity index (χ1v) is 9.90. The van der Waals surface area contributed by atoms with Crippen LogP contribution in [-0.4, -0.2) is 46.4 Å². The van der Waals surface area contributed by atoms with Crippen LogP contribution in [-0.2, 0) is 16.8 Å². The Bertz CT molecular complexity index is 944. The number of amides is 3. The third-order valence-corrected chi connectivity index (χ3v) is 6.74. The van der Waals surface area contributed by atoms with Crippen molar-refractivity contribution in [2.45, 2.75) is 57.0 Å². The van der Waals surface area contributed by atoms with Crippen LogP contribution in [0.4, 0.5) is 4.79 Å². The summed E-state index contributed by atoms with van der Waals surface area (Å²) in [7, 11) is 1.66. The molecule has 6 heteroatoms. The van der Waals surface area contributed by atoms with Crippen molar-refractivity contribution in [3.8, 4) is 5.75 Å². The van der Waals surface area contributed by atoms with Crippen molar-refractivity contribution in [2.24, 2.45) is 0 Å². The highest BCUT2D eigenvalue weighted by Crippen LogP contribution is 2.46. The molecule has 3 heterocycles. The van der Waals surface area contributed by atoms with Gasteiger partial charge in [0.2, 0.25) is 0 Å². The molecule has 1 aliphatic carbocycles. The minimum atomic E-state index is -0.936. The third kappa shape index (κ3) is 2.12. The van der Waals surface area contributed by atoms with E-state index in [1.54, 1.807) is 16.9 Å². The molecule has 1 aromatic heterocycles. The predicted molar refractivity (Wildman–Crippen MR) is 102 cm³/mol. The molecule has 1 N–H and O–H groups in total. The van der Waals surface area contributed by atoms with Crippen molar-refractivity contribution >= 4 is 22.8 Å². The zero-order valence-electron chi connectivity index (χ0n) is 15.9. The number of ether oxygens (including phenoxy) is 1. The molecule has 5 rings (SSSR count). The topological polar surface area (TPSA) is 65.6 Å². The molecule has 1 aromatic carbocycles. The van der Waals surface area contributed by atoms with Gasteiger partial charge in [-0.3, -0.25) is 9.69 Å². The zero-order valence-corrected chi connectivity index (χ0v) is 15.9. The first-order chi connectivity index (χ1) is 13.1. The summed E-state index contributed by atoms with van der Waals surface area (Å²) in [4.78, 5) is 33.5. The fraction of sp³-hybridized carbons (Fsp3) is 0.524. The van der Waals surface area contributed by atoms with Crippen LogP contribution in [0.3, 0.4) is 0 Å². The molecule has 2 aliphatic heterocycles. The van der Waals surface area contributed by atoms with Crippen molar-refractivity contribution in [1.82, 2.24) is 14.8 Å². The standard InChI is InChI=1S/C21H25N3O3/c1-21-18-15(16-12-14(27-2)8-9-17(16)22-18)10-11-23(21)20(26)24(19(21)25)13-6-4-3-5-7-13/h8-9,12-13,22H,3-7,10-11H2,1-2H3/t21-/m1/s1. The number of imide groups is 1. The minimum absolute atomic E-state index is 0.0501. The molecule has 0 spiro atoms. The van der Waals surface area contributed by atoms with Gasteiger partial charge < -0.3 is 14.6 Å². The lowest BCUT2D eigenvalue weighted by Crippen LogP contribution is -2.49. The van der Waals surface area contributed by atoms with E-state index in [2.05, 4.69) is 4.98 Å². The van der Waals surface area contributed by atoms with E-state index < -0.39 is 5.54 Å². The van der Waals surface area contributed by atoms with E-state index in [0.717, 1.165) is 60.0 Å². The summed E-state index contributed by atoms with van der Waals surface area (Å²) >= 11 is 0. The highest BCUT2D eigenvalue weighted by molar-refractivity contribution is 6.08. The molecule has 1 saturated heterocycles. The van der Waals surface area contributed by atoms with Crippen LogP contribution in [0.1, 0.15) is 50.3 Å². The number of nitrogens with one attached hydrogen (secondary N) is 1. The Morgan fingerprint density at radius 2 is 1.96 bits per heavy atom. The number of methoxy groups -OCH3 is 1. The first-order valence-electron chi connectivity index (χ1n) is 9.90. The summed E-state index contributed by atoms with van der Waals surface area (Å²) in [5, 5.41) is 1.08. The second-order valence-electron chi connectivity index (χ2n) is 8.11. The lowest BCUT2D eigenvalue weighted by molar-refractivity contribution is -0.135. The Balaban J connectivity index is 1.62. The van der Waals surface area contributed by atoms with Crippen LogP contribution in [0.25, 0.3) is 10.9 Å². The summed E-state index contributed by atoms with van der Waals surface area (Å²) in [5.74, 6) is 0.730. The van der Waals surface area contributed by atoms with Gasteiger partial charge in [0.1, 0.15) is 5.75 Å². The lowest BCUT2D eigenvalue weighted by Gasteiger charge is -2.36. The largest absolute Gasteiger partial charge is 0.497 e. The first kappa shape index (κ1) is 16.7. The number of benzene rings is 1. The molecule has 3 amide bonds. The average molecular weight is 367 g/mol. The van der Waals surface area contributed by atoms with Gasteiger partial charge in [0.05, 0.1) is 12.8 Å². The van der Waals surface area contributed by atoms with E-state index in [0.29, 0.717) is 6.54 Å². The molecule has 2 aromatic rings. The smallest absolute Gasteiger partial charge is 0.328 e. The Morgan fingerprint density at radius 3 is 2.70 bits per heavy atom. The molecular formula is C21H25N3O3. The second kappa shape index (κ2) is 5.75. The zero-order chi connectivity index (χ0) is 18.8. The number of nitrogens with zero attached hydrogens (tertiary/aromatic N) is 2. The number of carbonyl (C=O) groups is 2. The van der Waals surface area contributed by atoms with Crippen LogP contribution in [0.2, 0.25) is 0 Å². The van der Waals surface area contributed by atoms with Crippen LogP contribution in [0.5, 0.6) is 5.75 Å². The van der Waals surface area contributed by atoms with E-state index in [1.807, 2.05) is 25.1 Å². The molecule has 1 atom stereocenters. The van der Waals surface area contributed by atoms with E-state index >= 15 is 0 Å². The van der Waals surface area contributed by atoms with Crippen LogP contribution < -0.4 is 4.74 Å². The molecule has 2 fully saturated rings. The van der Waals surface area contributed by atoms with Crippen molar-refractivity contribution in [3.63, 3.8) is 0 Å². The number of aromatic nitrogens is 1. The number of H-pyrrole nitrogens is 1. The summed E-state index contributed by atoms with van der Waals surface area (Å²) in [6, 6.07) is 5.86. The molecule has 3 aliphatic rings. The van der Waals surface area contributed by atoms with Gasteiger partial charge in [-0.05, 0) is 49.9 Å². The fourth-order valence-electron chi connectivity index (χ4n) is 5.23. The highest BCUT2D eigenvalue weighted by atomic mass is 16.5. The number of fused-ring (bicyclic) bond motifs is 5. The maximum absolute atomic E-state index is 13.6. The Kier molecular flexibility index (Phi) is 3.55. The summed E-state index contributed by atoms with van der Waals surface area (Å²) in [6.07, 6.45) is 5.99. The average Bonchev–Trinajstić information content (AvgIpc) is 3.16. The predicted octanol–water partition coefficient (Wildman–Crippen LogP) is 3.54. The van der Waals surface area contributed by atoms with Crippen molar-refractivity contribution in [1.29, 1.82) is 0 Å². The molecule has 6 nitrogen and oxygen atoms in total. The summed E-state index contributed by atoms with van der Waals surface area (Å²) < 4.78 is 5.38. The molecular weight excluding hydrogens is 342 g/mol. The summed E-state index contributed by atoms with van der Waals surface area (Å²) in [6.45, 7) is 2.47. The Morgan fingerprint density at radius 1 is 1.19 bits per heavy atom. The highest BCUT2D eigenvalue weighted by Gasteiger charge is 2.59. The van der Waals surface area contributed by atoms with E-state index in [4.69, 9.17) is 4.74 Å². The van der Waals surface area contributed by atoms with Crippen LogP contribution in [0.15, 0.2) is 18.2 Å². The van der Waals surface area contributed by atoms with Gasteiger partial charge in [-0.1, -0.05) is 19.3 Å².